The number of anilines is 1. The fourth-order valence-electron chi connectivity index (χ4n) is 3.87. The number of fused-ring (bicyclic) bond motifs is 2. The molecular formula is C20H22N6O4. The molecule has 156 valence electrons. The van der Waals surface area contributed by atoms with Gasteiger partial charge in [0.2, 0.25) is 0 Å². The molecule has 4 heterocycles. The van der Waals surface area contributed by atoms with Gasteiger partial charge in [-0.1, -0.05) is 18.2 Å². The maximum atomic E-state index is 10.5. The fraction of sp³-hybridized carbons (Fsp3) is 0.350. The van der Waals surface area contributed by atoms with Crippen molar-refractivity contribution in [2.45, 2.75) is 31.0 Å². The summed E-state index contributed by atoms with van der Waals surface area (Å²) in [6.45, 7) is 0.619. The number of nitrogens with one attached hydrogen (secondary N) is 1. The Bertz CT molecular complexity index is 1170. The Kier molecular flexibility index (Phi) is 4.83. The molecule has 10 nitrogen and oxygen atoms in total. The van der Waals surface area contributed by atoms with Crippen LogP contribution in [0.25, 0.3) is 22.1 Å². The summed E-state index contributed by atoms with van der Waals surface area (Å²) in [6, 6.07) is 8.09. The predicted octanol–water partition coefficient (Wildman–Crippen LogP) is 0.768. The molecule has 5 N–H and O–H groups in total. The van der Waals surface area contributed by atoms with Crippen molar-refractivity contribution < 1.29 is 19.7 Å². The Labute approximate surface area is 171 Å². The minimum atomic E-state index is -1.15. The number of nitrogens with zero attached hydrogens (tertiary/aromatic N) is 4. The normalized spacial score (nSPS) is 24.2. The van der Waals surface area contributed by atoms with Gasteiger partial charge in [-0.05, 0) is 18.1 Å². The molecular weight excluding hydrogens is 388 g/mol. The van der Waals surface area contributed by atoms with E-state index < -0.39 is 24.5 Å². The number of benzene rings is 1. The lowest BCUT2D eigenvalue weighted by atomic mass is 10.1. The second kappa shape index (κ2) is 7.65. The third-order valence-corrected chi connectivity index (χ3v) is 5.47. The predicted molar refractivity (Wildman–Crippen MR) is 108 cm³/mol. The van der Waals surface area contributed by atoms with E-state index in [0.29, 0.717) is 17.8 Å². The Morgan fingerprint density at radius 3 is 2.93 bits per heavy atom. The van der Waals surface area contributed by atoms with Gasteiger partial charge in [-0.25, -0.2) is 15.0 Å². The standard InChI is InChI=1S/C20H22N6O4/c21-18-15-19(24-9-23-18)26(10-25-15)20-17(28)16(27)14(30-20)8-29-6-5-11-7-22-13-4-2-1-3-12(11)13/h1-4,7,9-10,14,16-17,20,22,27-28H,5-6,8H2,(H2,21,23,24)/t14-,16-,17-,20-/m1/s1. The molecule has 1 fully saturated rings. The number of nitrogens with two attached hydrogens (primary N) is 1. The lowest BCUT2D eigenvalue weighted by Crippen LogP contribution is -2.34. The van der Waals surface area contributed by atoms with Crippen LogP contribution in [0.3, 0.4) is 0 Å². The van der Waals surface area contributed by atoms with Gasteiger partial charge in [0.25, 0.3) is 0 Å². The van der Waals surface area contributed by atoms with E-state index in [0.717, 1.165) is 11.9 Å². The van der Waals surface area contributed by atoms with Gasteiger partial charge in [0.05, 0.1) is 19.5 Å². The summed E-state index contributed by atoms with van der Waals surface area (Å²) in [6.07, 6.45) is 1.72. The van der Waals surface area contributed by atoms with Gasteiger partial charge < -0.3 is 30.4 Å². The molecule has 4 atom stereocenters. The van der Waals surface area contributed by atoms with Gasteiger partial charge >= 0.3 is 0 Å². The van der Waals surface area contributed by atoms with E-state index in [-0.39, 0.29) is 12.4 Å². The van der Waals surface area contributed by atoms with Gasteiger partial charge in [-0.3, -0.25) is 4.57 Å². The Hall–Kier alpha value is -3.05. The number of aromatic amines is 1. The molecule has 3 aromatic heterocycles. The number of aromatic nitrogens is 5. The third-order valence-electron chi connectivity index (χ3n) is 5.47. The number of hydrogen-bond acceptors (Lipinski definition) is 8. The summed E-state index contributed by atoms with van der Waals surface area (Å²) in [7, 11) is 0. The Morgan fingerprint density at radius 2 is 2.03 bits per heavy atom. The van der Waals surface area contributed by atoms with Crippen LogP contribution in [-0.4, -0.2) is 66.2 Å². The lowest BCUT2D eigenvalue weighted by Gasteiger charge is -2.16. The summed E-state index contributed by atoms with van der Waals surface area (Å²) < 4.78 is 13.2. The van der Waals surface area contributed by atoms with E-state index in [2.05, 4.69) is 26.0 Å². The van der Waals surface area contributed by atoms with Crippen molar-refractivity contribution in [3.63, 3.8) is 0 Å². The van der Waals surface area contributed by atoms with Gasteiger partial charge in [0, 0.05) is 17.1 Å². The topological polar surface area (TPSA) is 144 Å². The molecule has 4 aromatic rings. The number of aliphatic hydroxyl groups excluding tert-OH is 2. The van der Waals surface area contributed by atoms with E-state index in [1.165, 1.54) is 23.6 Å². The zero-order valence-corrected chi connectivity index (χ0v) is 16.0. The molecule has 30 heavy (non-hydrogen) atoms. The maximum absolute atomic E-state index is 10.5. The van der Waals surface area contributed by atoms with Crippen molar-refractivity contribution in [2.75, 3.05) is 18.9 Å². The van der Waals surface area contributed by atoms with E-state index in [9.17, 15) is 10.2 Å². The van der Waals surface area contributed by atoms with Crippen molar-refractivity contribution in [3.8, 4) is 0 Å². The minimum Gasteiger partial charge on any atom is -0.387 e. The molecule has 1 aliphatic rings. The summed E-state index contributed by atoms with van der Waals surface area (Å²) >= 11 is 0. The highest BCUT2D eigenvalue weighted by Gasteiger charge is 2.44. The van der Waals surface area contributed by atoms with Gasteiger partial charge in [0.15, 0.2) is 17.7 Å². The molecule has 1 aliphatic heterocycles. The maximum Gasteiger partial charge on any atom is 0.167 e. The van der Waals surface area contributed by atoms with Crippen molar-refractivity contribution in [2.24, 2.45) is 0 Å². The number of nitrogen functional groups attached to an aromatic ring is 1. The largest absolute Gasteiger partial charge is 0.387 e. The van der Waals surface area contributed by atoms with Crippen LogP contribution in [0.4, 0.5) is 5.82 Å². The quantitative estimate of drug-likeness (QED) is 0.341. The van der Waals surface area contributed by atoms with Crippen LogP contribution in [0, 0.1) is 0 Å². The zero-order chi connectivity index (χ0) is 20.7. The number of aliphatic hydroxyl groups is 2. The summed E-state index contributed by atoms with van der Waals surface area (Å²) in [5.41, 5.74) is 8.91. The molecule has 1 saturated heterocycles. The van der Waals surface area contributed by atoms with E-state index in [1.54, 1.807) is 4.57 Å². The summed E-state index contributed by atoms with van der Waals surface area (Å²) in [5, 5.41) is 22.1. The first-order valence-electron chi connectivity index (χ1n) is 9.71. The van der Waals surface area contributed by atoms with Crippen LogP contribution in [0.2, 0.25) is 0 Å². The Morgan fingerprint density at radius 1 is 1.17 bits per heavy atom. The molecule has 0 radical (unpaired) electrons. The molecule has 0 aliphatic carbocycles. The first kappa shape index (κ1) is 18.9. The second-order valence-electron chi connectivity index (χ2n) is 7.31. The zero-order valence-electron chi connectivity index (χ0n) is 16.0. The summed E-state index contributed by atoms with van der Waals surface area (Å²) in [4.78, 5) is 15.5. The fourth-order valence-corrected chi connectivity index (χ4v) is 3.87. The number of hydrogen-bond donors (Lipinski definition) is 4. The SMILES string of the molecule is Nc1ncnc2c1ncn2[C@@H]1O[C@H](COCCc2c[nH]c3ccccc23)[C@@H](O)[C@H]1O. The van der Waals surface area contributed by atoms with E-state index in [1.807, 2.05) is 24.4 Å². The van der Waals surface area contributed by atoms with Crippen molar-refractivity contribution in [3.05, 3.63) is 48.7 Å². The lowest BCUT2D eigenvalue weighted by molar-refractivity contribution is -0.0649. The Balaban J connectivity index is 1.22. The number of H-pyrrole nitrogens is 1. The molecule has 5 rings (SSSR count). The monoisotopic (exact) mass is 410 g/mol. The first-order chi connectivity index (χ1) is 14.6. The van der Waals surface area contributed by atoms with E-state index in [4.69, 9.17) is 15.2 Å². The second-order valence-corrected chi connectivity index (χ2v) is 7.31. The number of rotatable bonds is 6. The molecule has 0 bridgehead atoms. The first-order valence-corrected chi connectivity index (χ1v) is 9.71. The minimum absolute atomic E-state index is 0.154. The highest BCUT2D eigenvalue weighted by atomic mass is 16.6. The average Bonchev–Trinajstić information content (AvgIpc) is 3.44. The van der Waals surface area contributed by atoms with Gasteiger partial charge in [-0.2, -0.15) is 0 Å². The van der Waals surface area contributed by atoms with E-state index >= 15 is 0 Å². The smallest absolute Gasteiger partial charge is 0.167 e. The van der Waals surface area contributed by atoms with Crippen LogP contribution < -0.4 is 5.73 Å². The highest BCUT2D eigenvalue weighted by molar-refractivity contribution is 5.83. The van der Waals surface area contributed by atoms with Crippen molar-refractivity contribution in [1.82, 2.24) is 24.5 Å². The van der Waals surface area contributed by atoms with Crippen LogP contribution >= 0.6 is 0 Å². The molecule has 1 aromatic carbocycles. The average molecular weight is 410 g/mol. The molecule has 0 saturated carbocycles. The number of ether oxygens (including phenoxy) is 2. The number of para-hydroxylation sites is 1. The molecule has 0 spiro atoms. The molecule has 0 amide bonds. The van der Waals surface area contributed by atoms with Crippen LogP contribution in [0.5, 0.6) is 0 Å². The third kappa shape index (κ3) is 3.19. The highest BCUT2D eigenvalue weighted by Crippen LogP contribution is 2.32. The molecule has 0 unspecified atom stereocenters. The van der Waals surface area contributed by atoms with Gasteiger partial charge in [0.1, 0.15) is 30.2 Å². The summed E-state index contributed by atoms with van der Waals surface area (Å²) in [5.74, 6) is 0.240. The van der Waals surface area contributed by atoms with Crippen molar-refractivity contribution >= 4 is 27.9 Å². The van der Waals surface area contributed by atoms with Crippen LogP contribution in [-0.2, 0) is 15.9 Å². The van der Waals surface area contributed by atoms with Gasteiger partial charge in [-0.15, -0.1) is 0 Å². The number of imidazole rings is 1. The van der Waals surface area contributed by atoms with Crippen molar-refractivity contribution in [1.29, 1.82) is 0 Å². The molecule has 10 heteroatoms. The van der Waals surface area contributed by atoms with Crippen LogP contribution in [0.15, 0.2) is 43.1 Å². The van der Waals surface area contributed by atoms with Crippen LogP contribution in [0.1, 0.15) is 11.8 Å².